The highest BCUT2D eigenvalue weighted by molar-refractivity contribution is 5.32. The van der Waals surface area contributed by atoms with E-state index >= 15 is 0 Å². The van der Waals surface area contributed by atoms with E-state index in [0.717, 1.165) is 38.4 Å². The van der Waals surface area contributed by atoms with E-state index in [1.807, 2.05) is 6.33 Å². The summed E-state index contributed by atoms with van der Waals surface area (Å²) in [7, 11) is 0. The summed E-state index contributed by atoms with van der Waals surface area (Å²) in [6.07, 6.45) is 2.82. The second-order valence-electron chi connectivity index (χ2n) is 6.37. The topological polar surface area (TPSA) is 34.0 Å². The average molecular weight is 318 g/mol. The van der Waals surface area contributed by atoms with Crippen LogP contribution in [0.2, 0.25) is 0 Å². The summed E-state index contributed by atoms with van der Waals surface area (Å²) in [6.45, 7) is 4.08. The average Bonchev–Trinajstić information content (AvgIpc) is 3.02. The van der Waals surface area contributed by atoms with Gasteiger partial charge in [0.25, 0.3) is 0 Å². The summed E-state index contributed by atoms with van der Waals surface area (Å²) in [6, 6.07) is 21.7. The molecule has 24 heavy (non-hydrogen) atoms. The first-order chi connectivity index (χ1) is 11.9. The molecule has 3 aromatic rings. The number of fused-ring (bicyclic) bond motifs is 1. The number of nitrogens with zero attached hydrogens (tertiary/aromatic N) is 4. The van der Waals surface area contributed by atoms with E-state index in [1.165, 1.54) is 11.1 Å². The van der Waals surface area contributed by atoms with Crippen molar-refractivity contribution < 1.29 is 0 Å². The van der Waals surface area contributed by atoms with Crippen LogP contribution in [0.4, 0.5) is 0 Å². The molecule has 1 aromatic heterocycles. The van der Waals surface area contributed by atoms with Crippen molar-refractivity contribution >= 4 is 0 Å². The molecule has 0 spiro atoms. The molecule has 2 heterocycles. The number of aromatic nitrogens is 3. The molecular formula is C20H22N4. The van der Waals surface area contributed by atoms with Crippen LogP contribution in [0.25, 0.3) is 0 Å². The normalized spacial score (nSPS) is 15.2. The van der Waals surface area contributed by atoms with E-state index in [9.17, 15) is 0 Å². The lowest BCUT2D eigenvalue weighted by Gasteiger charge is -2.27. The standard InChI is InChI=1S/C20H22N4/c1-3-7-17(8-4-1)19(18-9-5-2-6-10-18)15-23-12-11-20-22-21-16-24(20)14-13-23/h1-10,16,19H,11-15H2. The molecule has 122 valence electrons. The van der Waals surface area contributed by atoms with E-state index in [2.05, 4.69) is 80.3 Å². The Morgan fingerprint density at radius 1 is 0.833 bits per heavy atom. The Balaban J connectivity index is 1.55. The van der Waals surface area contributed by atoms with Crippen LogP contribution in [0.15, 0.2) is 67.0 Å². The lowest BCUT2D eigenvalue weighted by Crippen LogP contribution is -2.32. The summed E-state index contributed by atoms with van der Waals surface area (Å²) in [4.78, 5) is 2.55. The Morgan fingerprint density at radius 3 is 2.17 bits per heavy atom. The number of rotatable bonds is 4. The highest BCUT2D eigenvalue weighted by atomic mass is 15.3. The van der Waals surface area contributed by atoms with Gasteiger partial charge >= 0.3 is 0 Å². The molecule has 0 radical (unpaired) electrons. The lowest BCUT2D eigenvalue weighted by molar-refractivity contribution is 0.271. The Bertz CT molecular complexity index is 705. The maximum absolute atomic E-state index is 4.23. The number of benzene rings is 2. The fourth-order valence-electron chi connectivity index (χ4n) is 3.49. The van der Waals surface area contributed by atoms with E-state index in [1.54, 1.807) is 0 Å². The summed E-state index contributed by atoms with van der Waals surface area (Å²) in [5, 5.41) is 8.25. The molecular weight excluding hydrogens is 296 g/mol. The van der Waals surface area contributed by atoms with Gasteiger partial charge in [0.15, 0.2) is 0 Å². The molecule has 0 bridgehead atoms. The van der Waals surface area contributed by atoms with Crippen molar-refractivity contribution in [2.45, 2.75) is 18.9 Å². The van der Waals surface area contributed by atoms with E-state index in [4.69, 9.17) is 0 Å². The smallest absolute Gasteiger partial charge is 0.134 e. The van der Waals surface area contributed by atoms with Crippen molar-refractivity contribution in [2.75, 3.05) is 19.6 Å². The monoisotopic (exact) mass is 318 g/mol. The van der Waals surface area contributed by atoms with Gasteiger partial charge < -0.3 is 9.47 Å². The third-order valence-corrected chi connectivity index (χ3v) is 4.85. The van der Waals surface area contributed by atoms with E-state index in [0.29, 0.717) is 5.92 Å². The van der Waals surface area contributed by atoms with Gasteiger partial charge in [-0.15, -0.1) is 10.2 Å². The molecule has 0 N–H and O–H groups in total. The molecule has 0 unspecified atom stereocenters. The van der Waals surface area contributed by atoms with Gasteiger partial charge in [-0.25, -0.2) is 0 Å². The van der Waals surface area contributed by atoms with Gasteiger partial charge in [-0.3, -0.25) is 0 Å². The minimum absolute atomic E-state index is 0.399. The zero-order chi connectivity index (χ0) is 16.2. The van der Waals surface area contributed by atoms with Crippen LogP contribution in [-0.2, 0) is 13.0 Å². The highest BCUT2D eigenvalue weighted by Crippen LogP contribution is 2.26. The second-order valence-corrected chi connectivity index (χ2v) is 6.37. The Labute approximate surface area is 142 Å². The van der Waals surface area contributed by atoms with Gasteiger partial charge in [0.05, 0.1) is 0 Å². The van der Waals surface area contributed by atoms with E-state index < -0.39 is 0 Å². The van der Waals surface area contributed by atoms with Crippen molar-refractivity contribution in [3.05, 3.63) is 83.9 Å². The number of hydrogen-bond donors (Lipinski definition) is 0. The summed E-state index contributed by atoms with van der Waals surface area (Å²) < 4.78 is 2.18. The molecule has 1 aliphatic heterocycles. The largest absolute Gasteiger partial charge is 0.316 e. The van der Waals surface area contributed by atoms with Gasteiger partial charge in [-0.2, -0.15) is 0 Å². The van der Waals surface area contributed by atoms with Crippen molar-refractivity contribution in [1.29, 1.82) is 0 Å². The van der Waals surface area contributed by atoms with Crippen LogP contribution in [0.1, 0.15) is 22.9 Å². The van der Waals surface area contributed by atoms with Crippen LogP contribution in [0.5, 0.6) is 0 Å². The fourth-order valence-corrected chi connectivity index (χ4v) is 3.49. The lowest BCUT2D eigenvalue weighted by atomic mass is 9.90. The van der Waals surface area contributed by atoms with Gasteiger partial charge in [-0.05, 0) is 11.1 Å². The Kier molecular flexibility index (Phi) is 4.38. The molecule has 0 amide bonds. The summed E-state index contributed by atoms with van der Waals surface area (Å²) in [5.41, 5.74) is 2.76. The predicted octanol–water partition coefficient (Wildman–Crippen LogP) is 2.97. The van der Waals surface area contributed by atoms with Crippen LogP contribution in [-0.4, -0.2) is 39.3 Å². The van der Waals surface area contributed by atoms with Crippen molar-refractivity contribution in [3.63, 3.8) is 0 Å². The third-order valence-electron chi connectivity index (χ3n) is 4.85. The highest BCUT2D eigenvalue weighted by Gasteiger charge is 2.20. The molecule has 0 atom stereocenters. The third kappa shape index (κ3) is 3.24. The van der Waals surface area contributed by atoms with Crippen LogP contribution in [0, 0.1) is 0 Å². The predicted molar refractivity (Wildman–Crippen MR) is 94.9 cm³/mol. The first-order valence-electron chi connectivity index (χ1n) is 8.59. The summed E-state index contributed by atoms with van der Waals surface area (Å²) >= 11 is 0. The molecule has 1 aliphatic rings. The van der Waals surface area contributed by atoms with Gasteiger partial charge in [0.1, 0.15) is 12.2 Å². The fraction of sp³-hybridized carbons (Fsp3) is 0.300. The first-order valence-corrected chi connectivity index (χ1v) is 8.59. The van der Waals surface area contributed by atoms with Gasteiger partial charge in [0, 0.05) is 38.5 Å². The summed E-state index contributed by atoms with van der Waals surface area (Å²) in [5.74, 6) is 1.50. The Morgan fingerprint density at radius 2 is 1.50 bits per heavy atom. The maximum Gasteiger partial charge on any atom is 0.134 e. The SMILES string of the molecule is c1ccc(C(CN2CCc3nncn3CC2)c2ccccc2)cc1. The molecule has 4 rings (SSSR count). The van der Waals surface area contributed by atoms with Gasteiger partial charge in [-0.1, -0.05) is 60.7 Å². The van der Waals surface area contributed by atoms with Crippen LogP contribution >= 0.6 is 0 Å². The first kappa shape index (κ1) is 15.1. The molecule has 4 nitrogen and oxygen atoms in total. The van der Waals surface area contributed by atoms with E-state index in [-0.39, 0.29) is 0 Å². The molecule has 0 fully saturated rings. The zero-order valence-electron chi connectivity index (χ0n) is 13.8. The molecule has 4 heteroatoms. The second kappa shape index (κ2) is 6.97. The Hall–Kier alpha value is -2.46. The minimum Gasteiger partial charge on any atom is -0.316 e. The molecule has 2 aromatic carbocycles. The molecule has 0 saturated heterocycles. The quantitative estimate of drug-likeness (QED) is 0.741. The van der Waals surface area contributed by atoms with Crippen molar-refractivity contribution in [1.82, 2.24) is 19.7 Å². The minimum atomic E-state index is 0.399. The van der Waals surface area contributed by atoms with Gasteiger partial charge in [0.2, 0.25) is 0 Å². The maximum atomic E-state index is 4.23. The molecule has 0 aliphatic carbocycles. The van der Waals surface area contributed by atoms with Crippen LogP contribution < -0.4 is 0 Å². The molecule has 0 saturated carbocycles. The van der Waals surface area contributed by atoms with Crippen molar-refractivity contribution in [3.8, 4) is 0 Å². The van der Waals surface area contributed by atoms with Crippen molar-refractivity contribution in [2.24, 2.45) is 0 Å². The van der Waals surface area contributed by atoms with Crippen LogP contribution in [0.3, 0.4) is 0 Å². The zero-order valence-corrected chi connectivity index (χ0v) is 13.8. The number of hydrogen-bond acceptors (Lipinski definition) is 3.